The van der Waals surface area contributed by atoms with Gasteiger partial charge in [0, 0.05) is 5.56 Å². The van der Waals surface area contributed by atoms with Crippen LogP contribution >= 0.6 is 0 Å². The smallest absolute Gasteiger partial charge is 0.294 e. The molecule has 0 bridgehead atoms. The minimum Gasteiger partial charge on any atom is -0.294 e. The van der Waals surface area contributed by atoms with Crippen LogP contribution in [0.25, 0.3) is 11.1 Å². The van der Waals surface area contributed by atoms with Crippen LogP contribution in [0.15, 0.2) is 48.5 Å². The molecule has 0 aromatic heterocycles. The number of carbonyl (C=O) groups is 2. The number of rotatable bonds is 8. The Balaban J connectivity index is 2.02. The van der Waals surface area contributed by atoms with Gasteiger partial charge >= 0.3 is 6.18 Å². The predicted molar refractivity (Wildman–Crippen MR) is 95.1 cm³/mol. The standard InChI is InChI=1S/C21H21F3O2/c1-2-3-4-5-15-6-8-16(9-7-15)17-10-12-18(13-11-17)19(25)14-20(26)21(22,23)24/h6-13H,2-5,14H2,1H3. The molecule has 0 aliphatic heterocycles. The monoisotopic (exact) mass is 362 g/mol. The van der Waals surface area contributed by atoms with Crippen molar-refractivity contribution >= 4 is 11.6 Å². The maximum absolute atomic E-state index is 12.2. The second-order valence-electron chi connectivity index (χ2n) is 6.25. The lowest BCUT2D eigenvalue weighted by Gasteiger charge is -2.07. The van der Waals surface area contributed by atoms with E-state index in [9.17, 15) is 22.8 Å². The van der Waals surface area contributed by atoms with Crippen molar-refractivity contribution in [1.82, 2.24) is 0 Å². The molecule has 0 N–H and O–H groups in total. The highest BCUT2D eigenvalue weighted by molar-refractivity contribution is 6.09. The highest BCUT2D eigenvalue weighted by atomic mass is 19.4. The van der Waals surface area contributed by atoms with Crippen LogP contribution in [-0.4, -0.2) is 17.7 Å². The maximum atomic E-state index is 12.2. The molecule has 2 aromatic rings. The second-order valence-corrected chi connectivity index (χ2v) is 6.25. The van der Waals surface area contributed by atoms with Gasteiger partial charge in [-0.15, -0.1) is 0 Å². The first-order chi connectivity index (χ1) is 12.3. The fraction of sp³-hybridized carbons (Fsp3) is 0.333. The van der Waals surface area contributed by atoms with E-state index >= 15 is 0 Å². The number of hydrogen-bond donors (Lipinski definition) is 0. The van der Waals surface area contributed by atoms with E-state index in [1.807, 2.05) is 12.1 Å². The van der Waals surface area contributed by atoms with Crippen molar-refractivity contribution in [2.24, 2.45) is 0 Å². The van der Waals surface area contributed by atoms with Gasteiger partial charge in [-0.3, -0.25) is 9.59 Å². The largest absolute Gasteiger partial charge is 0.450 e. The second kappa shape index (κ2) is 8.79. The zero-order chi connectivity index (χ0) is 19.2. The van der Waals surface area contributed by atoms with Crippen molar-refractivity contribution in [3.63, 3.8) is 0 Å². The molecule has 0 saturated carbocycles. The van der Waals surface area contributed by atoms with Crippen molar-refractivity contribution in [3.05, 3.63) is 59.7 Å². The molecule has 0 amide bonds. The highest BCUT2D eigenvalue weighted by Gasteiger charge is 2.39. The van der Waals surface area contributed by atoms with Gasteiger partial charge in [-0.25, -0.2) is 0 Å². The highest BCUT2D eigenvalue weighted by Crippen LogP contribution is 2.23. The molecule has 0 saturated heterocycles. The fourth-order valence-corrected chi connectivity index (χ4v) is 2.64. The molecule has 26 heavy (non-hydrogen) atoms. The summed E-state index contributed by atoms with van der Waals surface area (Å²) < 4.78 is 36.7. The SMILES string of the molecule is CCCCCc1ccc(-c2ccc(C(=O)CC(=O)C(F)(F)F)cc2)cc1. The first-order valence-electron chi connectivity index (χ1n) is 8.64. The van der Waals surface area contributed by atoms with Crippen LogP contribution in [0.4, 0.5) is 13.2 Å². The van der Waals surface area contributed by atoms with Gasteiger partial charge in [0.1, 0.15) is 0 Å². The van der Waals surface area contributed by atoms with Gasteiger partial charge in [-0.1, -0.05) is 68.3 Å². The lowest BCUT2D eigenvalue weighted by molar-refractivity contribution is -0.170. The number of ketones is 2. The van der Waals surface area contributed by atoms with Gasteiger partial charge in [0.25, 0.3) is 0 Å². The topological polar surface area (TPSA) is 34.1 Å². The number of Topliss-reactive ketones (excluding diaryl/α,β-unsaturated/α-hetero) is 2. The molecule has 0 fully saturated rings. The van der Waals surface area contributed by atoms with E-state index < -0.39 is 24.2 Å². The van der Waals surface area contributed by atoms with Crippen LogP contribution < -0.4 is 0 Å². The number of alkyl halides is 3. The average Bonchev–Trinajstić information content (AvgIpc) is 2.62. The molecule has 0 aliphatic carbocycles. The molecule has 0 radical (unpaired) electrons. The Hall–Kier alpha value is -2.43. The van der Waals surface area contributed by atoms with Crippen molar-refractivity contribution in [2.75, 3.05) is 0 Å². The average molecular weight is 362 g/mol. The van der Waals surface area contributed by atoms with Gasteiger partial charge < -0.3 is 0 Å². The molecule has 0 unspecified atom stereocenters. The van der Waals surface area contributed by atoms with Gasteiger partial charge in [0.15, 0.2) is 5.78 Å². The molecule has 0 aliphatic rings. The maximum Gasteiger partial charge on any atom is 0.450 e. The lowest BCUT2D eigenvalue weighted by Crippen LogP contribution is -2.25. The van der Waals surface area contributed by atoms with Crippen LogP contribution in [0.1, 0.15) is 48.5 Å². The summed E-state index contributed by atoms with van der Waals surface area (Å²) in [5.74, 6) is -2.85. The van der Waals surface area contributed by atoms with Crippen LogP contribution in [0, 0.1) is 0 Å². The zero-order valence-corrected chi connectivity index (χ0v) is 14.6. The van der Waals surface area contributed by atoms with E-state index in [1.165, 1.54) is 30.5 Å². The molecule has 138 valence electrons. The number of benzene rings is 2. The van der Waals surface area contributed by atoms with Crippen LogP contribution in [0.3, 0.4) is 0 Å². The lowest BCUT2D eigenvalue weighted by atomic mass is 9.99. The Bertz CT molecular complexity index is 744. The summed E-state index contributed by atoms with van der Waals surface area (Å²) >= 11 is 0. The molecule has 2 nitrogen and oxygen atoms in total. The van der Waals surface area contributed by atoms with Crippen molar-refractivity contribution in [3.8, 4) is 11.1 Å². The van der Waals surface area contributed by atoms with Crippen molar-refractivity contribution in [2.45, 2.75) is 45.2 Å². The van der Waals surface area contributed by atoms with Crippen molar-refractivity contribution < 1.29 is 22.8 Å². The summed E-state index contributed by atoms with van der Waals surface area (Å²) in [6.07, 6.45) is -1.56. The minimum absolute atomic E-state index is 0.0996. The van der Waals surface area contributed by atoms with E-state index in [0.29, 0.717) is 0 Å². The van der Waals surface area contributed by atoms with Crippen LogP contribution in [0.2, 0.25) is 0 Å². The van der Waals surface area contributed by atoms with E-state index in [0.717, 1.165) is 24.0 Å². The summed E-state index contributed by atoms with van der Waals surface area (Å²) in [5, 5.41) is 0. The molecule has 2 aromatic carbocycles. The Morgan fingerprint density at radius 3 is 1.88 bits per heavy atom. The predicted octanol–water partition coefficient (Wildman–Crippen LogP) is 5.79. The third-order valence-corrected chi connectivity index (χ3v) is 4.20. The van der Waals surface area contributed by atoms with E-state index in [2.05, 4.69) is 19.1 Å². The van der Waals surface area contributed by atoms with E-state index in [4.69, 9.17) is 0 Å². The first kappa shape index (κ1) is 19.9. The van der Waals surface area contributed by atoms with E-state index in [1.54, 1.807) is 12.1 Å². The number of hydrogen-bond acceptors (Lipinski definition) is 2. The Morgan fingerprint density at radius 2 is 1.38 bits per heavy atom. The van der Waals surface area contributed by atoms with E-state index in [-0.39, 0.29) is 5.56 Å². The van der Waals surface area contributed by atoms with Gasteiger partial charge in [-0.2, -0.15) is 13.2 Å². The number of halogens is 3. The normalized spacial score (nSPS) is 11.4. The third kappa shape index (κ3) is 5.55. The Labute approximate surface area is 151 Å². The van der Waals surface area contributed by atoms with Gasteiger partial charge in [0.05, 0.1) is 6.42 Å². The molecule has 5 heteroatoms. The molecular weight excluding hydrogens is 341 g/mol. The molecule has 0 atom stereocenters. The number of carbonyl (C=O) groups excluding carboxylic acids is 2. The number of aryl methyl sites for hydroxylation is 1. The van der Waals surface area contributed by atoms with Crippen LogP contribution in [0.5, 0.6) is 0 Å². The fourth-order valence-electron chi connectivity index (χ4n) is 2.64. The molecule has 2 rings (SSSR count). The summed E-state index contributed by atoms with van der Waals surface area (Å²) in [6.45, 7) is 2.16. The summed E-state index contributed by atoms with van der Waals surface area (Å²) in [6, 6.07) is 14.4. The molecule has 0 heterocycles. The summed E-state index contributed by atoms with van der Waals surface area (Å²) in [4.78, 5) is 22.7. The van der Waals surface area contributed by atoms with Gasteiger partial charge in [0.2, 0.25) is 5.78 Å². The minimum atomic E-state index is -4.98. The Kier molecular flexibility index (Phi) is 6.72. The summed E-state index contributed by atoms with van der Waals surface area (Å²) in [5.41, 5.74) is 3.20. The van der Waals surface area contributed by atoms with Crippen LogP contribution in [-0.2, 0) is 11.2 Å². The Morgan fingerprint density at radius 1 is 0.846 bits per heavy atom. The third-order valence-electron chi connectivity index (χ3n) is 4.20. The van der Waals surface area contributed by atoms with Crippen molar-refractivity contribution in [1.29, 1.82) is 0 Å². The zero-order valence-electron chi connectivity index (χ0n) is 14.6. The first-order valence-corrected chi connectivity index (χ1v) is 8.64. The molecule has 0 spiro atoms. The van der Waals surface area contributed by atoms with Gasteiger partial charge in [-0.05, 0) is 29.5 Å². The summed E-state index contributed by atoms with van der Waals surface area (Å²) in [7, 11) is 0. The number of unbranched alkanes of at least 4 members (excludes halogenated alkanes) is 2. The molecular formula is C21H21F3O2. The quantitative estimate of drug-likeness (QED) is 0.338.